The van der Waals surface area contributed by atoms with E-state index in [0.29, 0.717) is 43.0 Å². The highest BCUT2D eigenvalue weighted by molar-refractivity contribution is 6.36. The van der Waals surface area contributed by atoms with E-state index < -0.39 is 35.6 Å². The van der Waals surface area contributed by atoms with E-state index >= 15 is 0 Å². The van der Waals surface area contributed by atoms with E-state index in [0.717, 1.165) is 16.6 Å². The van der Waals surface area contributed by atoms with Crippen molar-refractivity contribution in [1.29, 1.82) is 0 Å². The number of carbonyl (C=O) groups is 1. The Hall–Kier alpha value is -4.15. The monoisotopic (exact) mass is 657 g/mol. The molecule has 0 bridgehead atoms. The molecule has 0 spiro atoms. The summed E-state index contributed by atoms with van der Waals surface area (Å²) in [6.45, 7) is 11.6. The standard InChI is InChI=1S/C32H32ClF4N7O2/c1-19(34)30(45)44-12-11-43(15-22(44)14-38-2)29-23-9-10-42(26-6-4-5-20-7-8-24(35)28(33)27(20)26)16-25(23)39-31(40-29)46-17-21-13-32(36,37)18-41(21)3/h4-8,21-22H,1,9-18H2,3H3/t21-,22-/m0/s1. The van der Waals surface area contributed by atoms with E-state index in [1.54, 1.807) is 18.0 Å². The minimum Gasteiger partial charge on any atom is -0.462 e. The number of rotatable bonds is 7. The van der Waals surface area contributed by atoms with Gasteiger partial charge < -0.3 is 24.3 Å². The van der Waals surface area contributed by atoms with Crippen molar-refractivity contribution in [1.82, 2.24) is 19.8 Å². The van der Waals surface area contributed by atoms with E-state index in [2.05, 4.69) is 11.4 Å². The maximum atomic E-state index is 14.5. The average Bonchev–Trinajstić information content (AvgIpc) is 3.31. The summed E-state index contributed by atoms with van der Waals surface area (Å²) in [6, 6.07) is 7.49. The van der Waals surface area contributed by atoms with Crippen molar-refractivity contribution in [3.05, 3.63) is 76.3 Å². The first kappa shape index (κ1) is 31.8. The maximum absolute atomic E-state index is 14.5. The summed E-state index contributed by atoms with van der Waals surface area (Å²) < 4.78 is 62.4. The van der Waals surface area contributed by atoms with Crippen molar-refractivity contribution < 1.29 is 27.1 Å². The number of benzene rings is 2. The Bertz CT molecular complexity index is 1730. The first-order valence-electron chi connectivity index (χ1n) is 14.9. The summed E-state index contributed by atoms with van der Waals surface area (Å²) in [4.78, 5) is 32.3. The number of halogens is 5. The highest BCUT2D eigenvalue weighted by Gasteiger charge is 2.43. The first-order valence-corrected chi connectivity index (χ1v) is 15.3. The first-order chi connectivity index (χ1) is 22.0. The van der Waals surface area contributed by atoms with E-state index in [9.17, 15) is 22.4 Å². The van der Waals surface area contributed by atoms with Crippen LogP contribution in [0.5, 0.6) is 6.01 Å². The van der Waals surface area contributed by atoms with Gasteiger partial charge >= 0.3 is 6.01 Å². The van der Waals surface area contributed by atoms with E-state index in [4.69, 9.17) is 32.9 Å². The summed E-state index contributed by atoms with van der Waals surface area (Å²) in [5.74, 6) is -4.72. The lowest BCUT2D eigenvalue weighted by atomic mass is 10.0. The number of nitrogens with zero attached hydrogens (tertiary/aromatic N) is 7. The third-order valence-electron chi connectivity index (χ3n) is 8.90. The molecule has 9 nitrogen and oxygen atoms in total. The molecule has 3 aromatic rings. The van der Waals surface area contributed by atoms with Crippen molar-refractivity contribution in [2.75, 3.05) is 62.7 Å². The number of aromatic nitrogens is 2. The van der Waals surface area contributed by atoms with Gasteiger partial charge in [0.25, 0.3) is 11.8 Å². The Morgan fingerprint density at radius 3 is 2.70 bits per heavy atom. The van der Waals surface area contributed by atoms with Crippen molar-refractivity contribution in [3.8, 4) is 6.01 Å². The summed E-state index contributed by atoms with van der Waals surface area (Å²) >= 11 is 6.44. The average molecular weight is 658 g/mol. The predicted molar refractivity (Wildman–Crippen MR) is 167 cm³/mol. The number of amides is 1. The lowest BCUT2D eigenvalue weighted by Crippen LogP contribution is -2.57. The zero-order valence-electron chi connectivity index (χ0n) is 25.2. The molecule has 2 atom stereocenters. The molecule has 0 radical (unpaired) electrons. The minimum absolute atomic E-state index is 0.0126. The van der Waals surface area contributed by atoms with E-state index in [-0.39, 0.29) is 50.2 Å². The number of piperazine rings is 1. The van der Waals surface area contributed by atoms with Gasteiger partial charge in [0, 0.05) is 55.3 Å². The van der Waals surface area contributed by atoms with Crippen LogP contribution in [0.25, 0.3) is 15.6 Å². The zero-order chi connectivity index (χ0) is 32.7. The molecule has 4 heterocycles. The van der Waals surface area contributed by atoms with Crippen LogP contribution in [0.2, 0.25) is 5.02 Å². The molecule has 2 saturated heterocycles. The molecule has 0 unspecified atom stereocenters. The number of hydrogen-bond donors (Lipinski definition) is 0. The van der Waals surface area contributed by atoms with Gasteiger partial charge in [-0.2, -0.15) is 9.97 Å². The Balaban J connectivity index is 1.35. The molecule has 1 amide bonds. The molecule has 242 valence electrons. The van der Waals surface area contributed by atoms with Gasteiger partial charge in [-0.15, -0.1) is 0 Å². The Morgan fingerprint density at radius 1 is 1.17 bits per heavy atom. The van der Waals surface area contributed by atoms with E-state index in [1.807, 2.05) is 28.0 Å². The molecule has 0 saturated carbocycles. The number of likely N-dealkylation sites (N-methyl/N-ethyl adjacent to an activating group) is 1. The molecule has 6 rings (SSSR count). The van der Waals surface area contributed by atoms with Crippen LogP contribution < -0.4 is 14.5 Å². The molecule has 1 aromatic heterocycles. The zero-order valence-corrected chi connectivity index (χ0v) is 25.9. The van der Waals surface area contributed by atoms with Crippen LogP contribution in [0, 0.1) is 12.4 Å². The number of alkyl halides is 2. The summed E-state index contributed by atoms with van der Waals surface area (Å²) in [7, 11) is 1.62. The van der Waals surface area contributed by atoms with Gasteiger partial charge in [-0.1, -0.05) is 36.4 Å². The summed E-state index contributed by atoms with van der Waals surface area (Å²) in [5, 5.41) is 1.40. The number of fused-ring (bicyclic) bond motifs is 2. The smallest absolute Gasteiger partial charge is 0.318 e. The molecular weight excluding hydrogens is 626 g/mol. The van der Waals surface area contributed by atoms with Crippen LogP contribution in [-0.2, 0) is 17.8 Å². The fourth-order valence-electron chi connectivity index (χ4n) is 6.62. The van der Waals surface area contributed by atoms with E-state index in [1.165, 1.54) is 11.0 Å². The van der Waals surface area contributed by atoms with Crippen LogP contribution in [-0.4, -0.2) is 96.6 Å². The van der Waals surface area contributed by atoms with Gasteiger partial charge in [0.05, 0.1) is 23.8 Å². The third kappa shape index (κ3) is 6.16. The molecule has 3 aliphatic heterocycles. The van der Waals surface area contributed by atoms with Crippen molar-refractivity contribution >= 4 is 39.8 Å². The third-order valence-corrected chi connectivity index (χ3v) is 9.27. The van der Waals surface area contributed by atoms with Gasteiger partial charge in [-0.25, -0.2) is 24.1 Å². The summed E-state index contributed by atoms with van der Waals surface area (Å²) in [6.07, 6.45) is 0.154. The lowest BCUT2D eigenvalue weighted by Gasteiger charge is -2.41. The molecule has 2 fully saturated rings. The summed E-state index contributed by atoms with van der Waals surface area (Å²) in [5.41, 5.74) is 2.21. The second-order valence-corrected chi connectivity index (χ2v) is 12.3. The van der Waals surface area contributed by atoms with Crippen LogP contribution in [0.4, 0.5) is 29.1 Å². The quantitative estimate of drug-likeness (QED) is 0.199. The van der Waals surface area contributed by atoms with Gasteiger partial charge in [0.2, 0.25) is 6.54 Å². The normalized spacial score (nSPS) is 21.3. The van der Waals surface area contributed by atoms with Crippen LogP contribution in [0.15, 0.2) is 42.7 Å². The number of ether oxygens (including phenoxy) is 1. The Morgan fingerprint density at radius 2 is 1.98 bits per heavy atom. The van der Waals surface area contributed by atoms with Crippen molar-refractivity contribution in [2.24, 2.45) is 0 Å². The SMILES string of the molecule is [C-]#[N+]C[C@H]1CN(c2nc(OC[C@@H]3CC(F)(F)CN3C)nc3c2CCN(c2cccc4ccc(F)c(Cl)c24)C3)CCN1C(=O)C(=C)F. The number of carbonyl (C=O) groups excluding carboxylic acids is 1. The fraction of sp³-hybridized carbons (Fsp3) is 0.438. The van der Waals surface area contributed by atoms with Gasteiger partial charge in [0.1, 0.15) is 24.3 Å². The second-order valence-electron chi connectivity index (χ2n) is 11.9. The molecule has 0 aliphatic carbocycles. The molecule has 14 heteroatoms. The minimum atomic E-state index is -2.82. The van der Waals surface area contributed by atoms with Gasteiger partial charge in [0.15, 0.2) is 5.83 Å². The van der Waals surface area contributed by atoms with Crippen LogP contribution in [0.1, 0.15) is 17.7 Å². The topological polar surface area (TPSA) is 69.4 Å². The Labute approximate surface area is 268 Å². The second kappa shape index (κ2) is 12.6. The number of anilines is 2. The maximum Gasteiger partial charge on any atom is 0.318 e. The molecule has 46 heavy (non-hydrogen) atoms. The molecule has 0 N–H and O–H groups in total. The predicted octanol–water partition coefficient (Wildman–Crippen LogP) is 5.12. The highest BCUT2D eigenvalue weighted by atomic mass is 35.5. The molecule has 3 aliphatic rings. The number of likely N-dealkylation sites (tertiary alicyclic amines) is 1. The molecular formula is C32H32ClF4N7O2. The largest absolute Gasteiger partial charge is 0.462 e. The van der Waals surface area contributed by atoms with Gasteiger partial charge in [-0.3, -0.25) is 9.69 Å². The lowest BCUT2D eigenvalue weighted by molar-refractivity contribution is -0.131. The van der Waals surface area contributed by atoms with Gasteiger partial charge in [-0.05, 0) is 31.0 Å². The molecule has 2 aromatic carbocycles. The van der Waals surface area contributed by atoms with Crippen molar-refractivity contribution in [3.63, 3.8) is 0 Å². The van der Waals surface area contributed by atoms with Crippen molar-refractivity contribution in [2.45, 2.75) is 37.4 Å². The van der Waals surface area contributed by atoms with Crippen LogP contribution in [0.3, 0.4) is 0 Å². The fourth-order valence-corrected chi connectivity index (χ4v) is 6.89. The van der Waals surface area contributed by atoms with Crippen LogP contribution >= 0.6 is 11.6 Å². The Kier molecular flexibility index (Phi) is 8.69. The highest BCUT2D eigenvalue weighted by Crippen LogP contribution is 2.38. The number of hydrogen-bond acceptors (Lipinski definition) is 7.